The van der Waals surface area contributed by atoms with E-state index in [2.05, 4.69) is 16.0 Å². The Morgan fingerprint density at radius 1 is 0.964 bits per heavy atom. The minimum atomic E-state index is -1.22. The molecule has 0 saturated carbocycles. The second-order valence-electron chi connectivity index (χ2n) is 6.23. The van der Waals surface area contributed by atoms with Gasteiger partial charge in [-0.05, 0) is 39.2 Å². The van der Waals surface area contributed by atoms with Gasteiger partial charge < -0.3 is 37.6 Å². The van der Waals surface area contributed by atoms with Gasteiger partial charge in [-0.1, -0.05) is 0 Å². The lowest BCUT2D eigenvalue weighted by atomic mass is 10.1. The van der Waals surface area contributed by atoms with E-state index in [1.165, 1.54) is 6.92 Å². The molecule has 0 aliphatic heterocycles. The maximum atomic E-state index is 12.2. The maximum Gasteiger partial charge on any atom is 0.325 e. The first-order valence-electron chi connectivity index (χ1n) is 8.86. The summed E-state index contributed by atoms with van der Waals surface area (Å²) in [4.78, 5) is 57.3. The van der Waals surface area contributed by atoms with E-state index in [1.54, 1.807) is 0 Å². The molecule has 0 aromatic carbocycles. The molecule has 3 atom stereocenters. The van der Waals surface area contributed by atoms with Crippen LogP contribution in [-0.2, 0) is 24.0 Å². The van der Waals surface area contributed by atoms with Gasteiger partial charge in [-0.2, -0.15) is 0 Å². The third-order valence-corrected chi connectivity index (χ3v) is 3.76. The molecule has 3 unspecified atom stereocenters. The number of carboxylic acid groups (broad SMARTS) is 2. The average Bonchev–Trinajstić information content (AvgIpc) is 2.62. The topological polar surface area (TPSA) is 214 Å². The Kier molecular flexibility index (Phi) is 12.1. The van der Waals surface area contributed by atoms with E-state index in [0.717, 1.165) is 0 Å². The lowest BCUT2D eigenvalue weighted by molar-refractivity contribution is -0.141. The molecule has 0 aromatic rings. The van der Waals surface area contributed by atoms with Gasteiger partial charge in [0.25, 0.3) is 0 Å². The first-order chi connectivity index (χ1) is 13.1. The van der Waals surface area contributed by atoms with Crippen LogP contribution in [0.1, 0.15) is 39.0 Å². The molecule has 0 aliphatic rings. The second-order valence-corrected chi connectivity index (χ2v) is 6.23. The number of carboxylic acids is 2. The van der Waals surface area contributed by atoms with Crippen molar-refractivity contribution in [1.82, 2.24) is 16.0 Å². The summed E-state index contributed by atoms with van der Waals surface area (Å²) >= 11 is 0. The molecule has 12 heteroatoms. The number of amides is 3. The molecule has 0 heterocycles. The van der Waals surface area contributed by atoms with Crippen molar-refractivity contribution < 1.29 is 34.2 Å². The summed E-state index contributed by atoms with van der Waals surface area (Å²) in [5.74, 6) is -4.34. The minimum absolute atomic E-state index is 0.0834. The number of unbranched alkanes of at least 4 members (excludes halogenated alkanes) is 1. The Labute approximate surface area is 162 Å². The fourth-order valence-electron chi connectivity index (χ4n) is 2.09. The fourth-order valence-corrected chi connectivity index (χ4v) is 2.09. The van der Waals surface area contributed by atoms with E-state index in [9.17, 15) is 24.0 Å². The Hall–Kier alpha value is -2.73. The van der Waals surface area contributed by atoms with Crippen molar-refractivity contribution in [2.75, 3.05) is 13.1 Å². The van der Waals surface area contributed by atoms with Crippen molar-refractivity contribution in [1.29, 1.82) is 0 Å². The fraction of sp³-hybridized carbons (Fsp3) is 0.688. The van der Waals surface area contributed by atoms with Crippen molar-refractivity contribution in [2.24, 2.45) is 11.5 Å². The lowest BCUT2D eigenvalue weighted by Gasteiger charge is -2.20. The highest BCUT2D eigenvalue weighted by molar-refractivity contribution is 5.92. The van der Waals surface area contributed by atoms with Crippen LogP contribution in [0.5, 0.6) is 0 Å². The van der Waals surface area contributed by atoms with Gasteiger partial charge in [0.05, 0.1) is 12.6 Å². The number of hydrogen-bond donors (Lipinski definition) is 7. The van der Waals surface area contributed by atoms with Crippen molar-refractivity contribution in [3.63, 3.8) is 0 Å². The summed E-state index contributed by atoms with van der Waals surface area (Å²) in [6, 6.07) is -3.20. The van der Waals surface area contributed by atoms with Gasteiger partial charge in [-0.15, -0.1) is 0 Å². The van der Waals surface area contributed by atoms with Gasteiger partial charge >= 0.3 is 11.9 Å². The number of aliphatic carboxylic acids is 2. The second kappa shape index (κ2) is 13.4. The number of carbonyl (C=O) groups is 5. The molecule has 9 N–H and O–H groups in total. The predicted molar refractivity (Wildman–Crippen MR) is 97.9 cm³/mol. The number of nitrogens with two attached hydrogens (primary N) is 2. The summed E-state index contributed by atoms with van der Waals surface area (Å²) in [5, 5.41) is 24.4. The van der Waals surface area contributed by atoms with Gasteiger partial charge in [0.1, 0.15) is 12.1 Å². The zero-order valence-corrected chi connectivity index (χ0v) is 15.8. The number of carbonyl (C=O) groups excluding carboxylic acids is 3. The molecule has 12 nitrogen and oxygen atoms in total. The molecule has 160 valence electrons. The molecular weight excluding hydrogens is 374 g/mol. The monoisotopic (exact) mass is 403 g/mol. The van der Waals surface area contributed by atoms with Gasteiger partial charge in [0.2, 0.25) is 17.7 Å². The highest BCUT2D eigenvalue weighted by Crippen LogP contribution is 2.02. The van der Waals surface area contributed by atoms with E-state index in [4.69, 9.17) is 21.7 Å². The zero-order valence-electron chi connectivity index (χ0n) is 15.8. The zero-order chi connectivity index (χ0) is 21.7. The summed E-state index contributed by atoms with van der Waals surface area (Å²) in [7, 11) is 0. The SMILES string of the molecule is CC(NC(=O)C(CCCCN)NC(=O)CNC(=O)C(N)CCC(=O)O)C(=O)O. The highest BCUT2D eigenvalue weighted by atomic mass is 16.4. The smallest absolute Gasteiger partial charge is 0.325 e. The molecular formula is C16H29N5O7. The van der Waals surface area contributed by atoms with Crippen LogP contribution < -0.4 is 27.4 Å². The van der Waals surface area contributed by atoms with E-state index in [-0.39, 0.29) is 19.3 Å². The van der Waals surface area contributed by atoms with Gasteiger partial charge in [-0.25, -0.2) is 0 Å². The Bertz CT molecular complexity index is 570. The largest absolute Gasteiger partial charge is 0.481 e. The van der Waals surface area contributed by atoms with E-state index in [1.807, 2.05) is 0 Å². The number of rotatable bonds is 14. The Morgan fingerprint density at radius 3 is 2.14 bits per heavy atom. The van der Waals surface area contributed by atoms with Gasteiger partial charge in [0.15, 0.2) is 0 Å². The molecule has 0 aliphatic carbocycles. The molecule has 28 heavy (non-hydrogen) atoms. The number of hydrogen-bond acceptors (Lipinski definition) is 7. The first-order valence-corrected chi connectivity index (χ1v) is 8.86. The molecule has 0 fully saturated rings. The Morgan fingerprint density at radius 2 is 1.61 bits per heavy atom. The van der Waals surface area contributed by atoms with Crippen LogP contribution in [0.4, 0.5) is 0 Å². The normalized spacial score (nSPS) is 13.7. The highest BCUT2D eigenvalue weighted by Gasteiger charge is 2.24. The predicted octanol–water partition coefficient (Wildman–Crippen LogP) is -2.50. The standard InChI is InChI=1S/C16H29N5O7/c1-9(16(27)28)20-15(26)11(4-2-3-7-17)21-12(22)8-19-14(25)10(18)5-6-13(23)24/h9-11H,2-8,17-18H2,1H3,(H,19,25)(H,20,26)(H,21,22)(H,23,24)(H,27,28). The first kappa shape index (κ1) is 25.3. The van der Waals surface area contributed by atoms with Crippen LogP contribution in [0.25, 0.3) is 0 Å². The van der Waals surface area contributed by atoms with Crippen LogP contribution in [0.15, 0.2) is 0 Å². The van der Waals surface area contributed by atoms with Gasteiger partial charge in [0, 0.05) is 6.42 Å². The van der Waals surface area contributed by atoms with Crippen LogP contribution in [-0.4, -0.2) is 71.1 Å². The van der Waals surface area contributed by atoms with Crippen LogP contribution in [0.2, 0.25) is 0 Å². The molecule has 0 spiro atoms. The quantitative estimate of drug-likeness (QED) is 0.152. The third kappa shape index (κ3) is 11.1. The molecule has 0 rings (SSSR count). The van der Waals surface area contributed by atoms with Crippen LogP contribution >= 0.6 is 0 Å². The molecule has 0 bridgehead atoms. The molecule has 0 radical (unpaired) electrons. The number of nitrogens with one attached hydrogen (secondary N) is 3. The summed E-state index contributed by atoms with van der Waals surface area (Å²) in [6.07, 6.45) is 1.02. The van der Waals surface area contributed by atoms with Crippen molar-refractivity contribution in [2.45, 2.75) is 57.2 Å². The maximum absolute atomic E-state index is 12.2. The Balaban J connectivity index is 4.64. The minimum Gasteiger partial charge on any atom is -0.481 e. The lowest BCUT2D eigenvalue weighted by Crippen LogP contribution is -2.53. The summed E-state index contributed by atoms with van der Waals surface area (Å²) in [5.41, 5.74) is 10.9. The van der Waals surface area contributed by atoms with E-state index < -0.39 is 54.3 Å². The average molecular weight is 403 g/mol. The summed E-state index contributed by atoms with van der Waals surface area (Å²) < 4.78 is 0. The van der Waals surface area contributed by atoms with Crippen molar-refractivity contribution >= 4 is 29.7 Å². The molecule has 0 saturated heterocycles. The van der Waals surface area contributed by atoms with Crippen molar-refractivity contribution in [3.8, 4) is 0 Å². The van der Waals surface area contributed by atoms with Crippen LogP contribution in [0, 0.1) is 0 Å². The van der Waals surface area contributed by atoms with E-state index >= 15 is 0 Å². The van der Waals surface area contributed by atoms with Crippen molar-refractivity contribution in [3.05, 3.63) is 0 Å². The molecule has 3 amide bonds. The molecule has 0 aromatic heterocycles. The van der Waals surface area contributed by atoms with E-state index in [0.29, 0.717) is 19.4 Å². The summed E-state index contributed by atoms with van der Waals surface area (Å²) in [6.45, 7) is 1.23. The third-order valence-electron chi connectivity index (χ3n) is 3.76. The van der Waals surface area contributed by atoms with Crippen LogP contribution in [0.3, 0.4) is 0 Å². The van der Waals surface area contributed by atoms with Gasteiger partial charge in [-0.3, -0.25) is 24.0 Å².